The molecular formula is C15H16F3N3O3S. The molecule has 1 heterocycles. The van der Waals surface area contributed by atoms with Crippen LogP contribution >= 0.6 is 11.8 Å². The summed E-state index contributed by atoms with van der Waals surface area (Å²) in [5.74, 6) is -0.487. The molecule has 136 valence electrons. The second-order valence-electron chi connectivity index (χ2n) is 5.09. The number of fused-ring (bicyclic) bond motifs is 1. The van der Waals surface area contributed by atoms with Gasteiger partial charge in [0.2, 0.25) is 0 Å². The zero-order chi connectivity index (χ0) is 18.4. The molecule has 2 aromatic rings. The Balaban J connectivity index is 1.97. The molecule has 0 radical (unpaired) electrons. The molecule has 1 aromatic carbocycles. The number of nitrogens with zero attached hydrogens (tertiary/aromatic N) is 2. The molecule has 0 saturated heterocycles. The minimum Gasteiger partial charge on any atom is -0.454 e. The smallest absolute Gasteiger partial charge is 0.405 e. The average Bonchev–Trinajstić information content (AvgIpc) is 2.88. The minimum atomic E-state index is -4.51. The predicted molar refractivity (Wildman–Crippen MR) is 87.0 cm³/mol. The number of aromatic nitrogens is 2. The number of para-hydroxylation sites is 2. The Morgan fingerprint density at radius 1 is 1.32 bits per heavy atom. The second-order valence-corrected chi connectivity index (χ2v) is 5.95. The maximum atomic E-state index is 12.0. The van der Waals surface area contributed by atoms with E-state index in [0.717, 1.165) is 11.0 Å². The fraction of sp³-hybridized carbons (Fsp3) is 0.400. The number of carbonyl (C=O) groups excluding carboxylic acids is 2. The summed E-state index contributed by atoms with van der Waals surface area (Å²) in [5.41, 5.74) is 1.47. The number of ether oxygens (including phenoxy) is 1. The van der Waals surface area contributed by atoms with Crippen molar-refractivity contribution in [3.8, 4) is 0 Å². The van der Waals surface area contributed by atoms with Crippen molar-refractivity contribution in [2.24, 2.45) is 0 Å². The topological polar surface area (TPSA) is 73.2 Å². The first kappa shape index (κ1) is 19.1. The lowest BCUT2D eigenvalue weighted by atomic mass is 10.3. The molecule has 0 spiro atoms. The number of alkyl halides is 3. The maximum absolute atomic E-state index is 12.0. The van der Waals surface area contributed by atoms with Gasteiger partial charge in [-0.3, -0.25) is 9.59 Å². The van der Waals surface area contributed by atoms with Crippen LogP contribution in [0.15, 0.2) is 24.3 Å². The first-order valence-corrected chi connectivity index (χ1v) is 8.61. The zero-order valence-corrected chi connectivity index (χ0v) is 14.1. The summed E-state index contributed by atoms with van der Waals surface area (Å²) in [7, 11) is 0. The number of hydrogen-bond acceptors (Lipinski definition) is 5. The predicted octanol–water partition coefficient (Wildman–Crippen LogP) is 2.12. The SMILES string of the molecule is CSCc1nc2ccccc2n1CC(=O)OCC(=O)NCC(F)(F)F. The monoisotopic (exact) mass is 375 g/mol. The number of carbonyl (C=O) groups is 2. The van der Waals surface area contributed by atoms with E-state index in [1.54, 1.807) is 22.0 Å². The maximum Gasteiger partial charge on any atom is 0.405 e. The lowest BCUT2D eigenvalue weighted by Crippen LogP contribution is -2.36. The van der Waals surface area contributed by atoms with E-state index >= 15 is 0 Å². The highest BCUT2D eigenvalue weighted by Gasteiger charge is 2.27. The van der Waals surface area contributed by atoms with Gasteiger partial charge < -0.3 is 14.6 Å². The number of esters is 1. The third kappa shape index (κ3) is 5.66. The summed E-state index contributed by atoms with van der Waals surface area (Å²) >= 11 is 1.53. The summed E-state index contributed by atoms with van der Waals surface area (Å²) < 4.78 is 42.4. The Morgan fingerprint density at radius 2 is 2.04 bits per heavy atom. The Bertz CT molecular complexity index is 761. The van der Waals surface area contributed by atoms with Gasteiger partial charge in [-0.15, -0.1) is 0 Å². The first-order chi connectivity index (χ1) is 11.8. The molecule has 2 rings (SSSR count). The van der Waals surface area contributed by atoms with Crippen molar-refractivity contribution in [3.63, 3.8) is 0 Å². The van der Waals surface area contributed by atoms with Crippen molar-refractivity contribution in [3.05, 3.63) is 30.1 Å². The third-order valence-electron chi connectivity index (χ3n) is 3.14. The van der Waals surface area contributed by atoms with Gasteiger partial charge in [-0.2, -0.15) is 24.9 Å². The van der Waals surface area contributed by atoms with Crippen LogP contribution in [-0.4, -0.2) is 47.0 Å². The fourth-order valence-electron chi connectivity index (χ4n) is 2.11. The van der Waals surface area contributed by atoms with Gasteiger partial charge >= 0.3 is 12.1 Å². The number of rotatable bonds is 7. The molecule has 10 heteroatoms. The van der Waals surface area contributed by atoms with E-state index in [1.165, 1.54) is 11.8 Å². The van der Waals surface area contributed by atoms with E-state index in [4.69, 9.17) is 4.74 Å². The molecule has 0 aliphatic rings. The van der Waals surface area contributed by atoms with Gasteiger partial charge in [-0.1, -0.05) is 12.1 Å². The number of halogens is 3. The van der Waals surface area contributed by atoms with E-state index < -0.39 is 31.2 Å². The van der Waals surface area contributed by atoms with Crippen LogP contribution in [0.5, 0.6) is 0 Å². The number of benzene rings is 1. The molecule has 25 heavy (non-hydrogen) atoms. The normalized spacial score (nSPS) is 11.5. The van der Waals surface area contributed by atoms with Crippen molar-refractivity contribution in [2.75, 3.05) is 19.4 Å². The van der Waals surface area contributed by atoms with Gasteiger partial charge in [0.15, 0.2) is 6.61 Å². The van der Waals surface area contributed by atoms with Gasteiger partial charge in [0.25, 0.3) is 5.91 Å². The van der Waals surface area contributed by atoms with E-state index in [0.29, 0.717) is 11.6 Å². The highest BCUT2D eigenvalue weighted by Crippen LogP contribution is 2.19. The van der Waals surface area contributed by atoms with E-state index in [2.05, 4.69) is 4.98 Å². The molecule has 1 amide bonds. The molecule has 0 fully saturated rings. The number of thioether (sulfide) groups is 1. The number of imidazole rings is 1. The van der Waals surface area contributed by atoms with Crippen LogP contribution in [0.4, 0.5) is 13.2 Å². The van der Waals surface area contributed by atoms with Crippen LogP contribution < -0.4 is 5.32 Å². The lowest BCUT2D eigenvalue weighted by Gasteiger charge is -2.10. The Morgan fingerprint density at radius 3 is 2.72 bits per heavy atom. The van der Waals surface area contributed by atoms with Gasteiger partial charge in [-0.25, -0.2) is 4.98 Å². The van der Waals surface area contributed by atoms with Crippen LogP contribution in [-0.2, 0) is 26.6 Å². The number of hydrogen-bond donors (Lipinski definition) is 1. The minimum absolute atomic E-state index is 0.178. The van der Waals surface area contributed by atoms with Crippen LogP contribution in [0.2, 0.25) is 0 Å². The molecule has 0 aliphatic carbocycles. The van der Waals surface area contributed by atoms with Gasteiger partial charge in [0.05, 0.1) is 16.8 Å². The standard InChI is InChI=1S/C15H16F3N3O3S/c1-25-8-12-20-10-4-2-3-5-11(10)21(12)6-14(23)24-7-13(22)19-9-15(16,17)18/h2-5H,6-9H2,1H3,(H,19,22). The molecule has 0 atom stereocenters. The molecule has 0 aliphatic heterocycles. The fourth-order valence-corrected chi connectivity index (χ4v) is 2.59. The van der Waals surface area contributed by atoms with Crippen molar-refractivity contribution in [2.45, 2.75) is 18.5 Å². The Kier molecular flexibility index (Phi) is 6.29. The average molecular weight is 375 g/mol. The van der Waals surface area contributed by atoms with Crippen LogP contribution in [0.1, 0.15) is 5.82 Å². The lowest BCUT2D eigenvalue weighted by molar-refractivity contribution is -0.151. The molecule has 1 aromatic heterocycles. The highest BCUT2D eigenvalue weighted by atomic mass is 32.2. The van der Waals surface area contributed by atoms with Crippen LogP contribution in [0, 0.1) is 0 Å². The number of amides is 1. The summed E-state index contributed by atoms with van der Waals surface area (Å²) in [4.78, 5) is 27.6. The van der Waals surface area contributed by atoms with Crippen molar-refractivity contribution < 1.29 is 27.5 Å². The summed E-state index contributed by atoms with van der Waals surface area (Å²) in [5, 5.41) is 1.63. The summed E-state index contributed by atoms with van der Waals surface area (Å²) in [6.45, 7) is -2.41. The van der Waals surface area contributed by atoms with Crippen molar-refractivity contribution in [1.29, 1.82) is 0 Å². The highest BCUT2D eigenvalue weighted by molar-refractivity contribution is 7.97. The molecule has 0 saturated carbocycles. The van der Waals surface area contributed by atoms with E-state index in [-0.39, 0.29) is 6.54 Å². The molecule has 0 unspecified atom stereocenters. The van der Waals surface area contributed by atoms with E-state index in [1.807, 2.05) is 18.4 Å². The largest absolute Gasteiger partial charge is 0.454 e. The molecule has 1 N–H and O–H groups in total. The zero-order valence-electron chi connectivity index (χ0n) is 13.3. The quantitative estimate of drug-likeness (QED) is 0.751. The summed E-state index contributed by atoms with van der Waals surface area (Å²) in [6.07, 6.45) is -2.62. The first-order valence-electron chi connectivity index (χ1n) is 7.22. The van der Waals surface area contributed by atoms with Gasteiger partial charge in [0, 0.05) is 0 Å². The van der Waals surface area contributed by atoms with Crippen molar-refractivity contribution >= 4 is 34.7 Å². The van der Waals surface area contributed by atoms with Crippen LogP contribution in [0.3, 0.4) is 0 Å². The molecule has 0 bridgehead atoms. The molecule has 6 nitrogen and oxygen atoms in total. The molecular weight excluding hydrogens is 359 g/mol. The van der Waals surface area contributed by atoms with Gasteiger partial charge in [-0.05, 0) is 18.4 Å². The van der Waals surface area contributed by atoms with Crippen molar-refractivity contribution in [1.82, 2.24) is 14.9 Å². The summed E-state index contributed by atoms with van der Waals surface area (Å²) in [6, 6.07) is 7.24. The van der Waals surface area contributed by atoms with Crippen LogP contribution in [0.25, 0.3) is 11.0 Å². The third-order valence-corrected chi connectivity index (χ3v) is 3.69. The Hall–Kier alpha value is -2.23. The van der Waals surface area contributed by atoms with Gasteiger partial charge in [0.1, 0.15) is 18.9 Å². The Labute approximate surface area is 145 Å². The second kappa shape index (κ2) is 8.24. The van der Waals surface area contributed by atoms with E-state index in [9.17, 15) is 22.8 Å². The number of nitrogens with one attached hydrogen (secondary N) is 1.